The number of ether oxygens (including phenoxy) is 1. The summed E-state index contributed by atoms with van der Waals surface area (Å²) < 4.78 is 18.5. The second-order valence-electron chi connectivity index (χ2n) is 8.04. The molecule has 174 valence electrons. The van der Waals surface area contributed by atoms with E-state index in [1.807, 2.05) is 48.5 Å². The van der Waals surface area contributed by atoms with Gasteiger partial charge in [0.1, 0.15) is 11.6 Å². The fourth-order valence-corrected chi connectivity index (χ4v) is 3.73. The first kappa shape index (κ1) is 23.0. The lowest BCUT2D eigenvalue weighted by atomic mass is 10.1. The molecule has 0 aliphatic carbocycles. The Morgan fingerprint density at radius 2 is 1.68 bits per heavy atom. The van der Waals surface area contributed by atoms with Crippen LogP contribution in [0.2, 0.25) is 0 Å². The molecule has 7 heteroatoms. The zero-order valence-electron chi connectivity index (χ0n) is 19.1. The molecular weight excluding hydrogens is 433 g/mol. The van der Waals surface area contributed by atoms with Gasteiger partial charge in [-0.05, 0) is 77.5 Å². The molecule has 34 heavy (non-hydrogen) atoms. The van der Waals surface area contributed by atoms with Gasteiger partial charge in [0.25, 0.3) is 5.56 Å². The fourth-order valence-electron chi connectivity index (χ4n) is 3.73. The number of pyridine rings is 1. The highest BCUT2D eigenvalue weighted by atomic mass is 19.1. The molecule has 0 unspecified atom stereocenters. The molecule has 0 aliphatic heterocycles. The number of H-pyrrole nitrogens is 1. The lowest BCUT2D eigenvalue weighted by molar-refractivity contribution is 0.206. The highest BCUT2D eigenvalue weighted by molar-refractivity contribution is 5.89. The maximum Gasteiger partial charge on any atom is 0.322 e. The molecule has 1 heterocycles. The molecule has 0 radical (unpaired) electrons. The lowest BCUT2D eigenvalue weighted by Gasteiger charge is -2.23. The van der Waals surface area contributed by atoms with E-state index in [0.29, 0.717) is 17.0 Å². The summed E-state index contributed by atoms with van der Waals surface area (Å²) in [6.07, 6.45) is 0.883. The quantitative estimate of drug-likeness (QED) is 0.385. The van der Waals surface area contributed by atoms with Crippen LogP contribution in [0.1, 0.15) is 23.6 Å². The first-order valence-electron chi connectivity index (χ1n) is 11.0. The molecule has 1 aromatic heterocycles. The largest absolute Gasteiger partial charge is 0.497 e. The summed E-state index contributed by atoms with van der Waals surface area (Å²) in [6.45, 7) is 2.44. The average Bonchev–Trinajstić information content (AvgIpc) is 2.85. The first-order chi connectivity index (χ1) is 16.4. The molecule has 0 bridgehead atoms. The number of nitrogens with one attached hydrogen (secondary N) is 2. The average molecular weight is 460 g/mol. The third-order valence-corrected chi connectivity index (χ3v) is 5.67. The van der Waals surface area contributed by atoms with E-state index in [-0.39, 0.29) is 24.5 Å². The van der Waals surface area contributed by atoms with Crippen molar-refractivity contribution in [3.05, 3.63) is 106 Å². The Morgan fingerprint density at radius 1 is 0.971 bits per heavy atom. The minimum Gasteiger partial charge on any atom is -0.497 e. The number of rotatable bonds is 7. The Kier molecular flexibility index (Phi) is 6.92. The number of urea groups is 1. The molecule has 2 amide bonds. The predicted octanol–water partition coefficient (Wildman–Crippen LogP) is 5.47. The van der Waals surface area contributed by atoms with E-state index < -0.39 is 6.03 Å². The molecular formula is C27H26FN3O3. The Bertz CT molecular complexity index is 1350. The van der Waals surface area contributed by atoms with Crippen LogP contribution in [0, 0.1) is 5.82 Å². The Balaban J connectivity index is 1.64. The maximum absolute atomic E-state index is 13.3. The Labute approximate surface area is 197 Å². The van der Waals surface area contributed by atoms with Crippen LogP contribution in [0.25, 0.3) is 10.9 Å². The topological polar surface area (TPSA) is 74.4 Å². The third kappa shape index (κ3) is 5.43. The van der Waals surface area contributed by atoms with Gasteiger partial charge in [0.2, 0.25) is 0 Å². The maximum atomic E-state index is 13.3. The van der Waals surface area contributed by atoms with Gasteiger partial charge in [-0.3, -0.25) is 4.79 Å². The van der Waals surface area contributed by atoms with Crippen LogP contribution in [-0.4, -0.2) is 23.0 Å². The summed E-state index contributed by atoms with van der Waals surface area (Å²) in [7, 11) is 1.59. The molecule has 3 aromatic carbocycles. The van der Waals surface area contributed by atoms with E-state index in [9.17, 15) is 14.0 Å². The van der Waals surface area contributed by atoms with Crippen LogP contribution in [0.5, 0.6) is 5.75 Å². The molecule has 0 atom stereocenters. The number of methoxy groups -OCH3 is 1. The van der Waals surface area contributed by atoms with Gasteiger partial charge in [0.05, 0.1) is 13.7 Å². The molecule has 0 fully saturated rings. The fraction of sp³-hybridized carbons (Fsp3) is 0.185. The van der Waals surface area contributed by atoms with Crippen LogP contribution < -0.4 is 15.6 Å². The molecule has 0 aliphatic rings. The number of benzene rings is 3. The number of hydrogen-bond acceptors (Lipinski definition) is 3. The summed E-state index contributed by atoms with van der Waals surface area (Å²) in [5.41, 5.74) is 3.49. The lowest BCUT2D eigenvalue weighted by Crippen LogP contribution is -2.35. The molecule has 0 saturated carbocycles. The van der Waals surface area contributed by atoms with Crippen LogP contribution >= 0.6 is 0 Å². The van der Waals surface area contributed by atoms with Crippen molar-refractivity contribution in [3.8, 4) is 5.75 Å². The highest BCUT2D eigenvalue weighted by Gasteiger charge is 2.17. The first-order valence-corrected chi connectivity index (χ1v) is 11.0. The number of anilines is 1. The van der Waals surface area contributed by atoms with E-state index in [0.717, 1.165) is 28.5 Å². The monoisotopic (exact) mass is 459 g/mol. The van der Waals surface area contributed by atoms with Crippen molar-refractivity contribution in [2.75, 3.05) is 12.4 Å². The van der Waals surface area contributed by atoms with E-state index in [1.54, 1.807) is 12.0 Å². The van der Waals surface area contributed by atoms with Gasteiger partial charge in [-0.25, -0.2) is 9.18 Å². The van der Waals surface area contributed by atoms with Crippen molar-refractivity contribution in [2.24, 2.45) is 0 Å². The molecule has 0 spiro atoms. The standard InChI is InChI=1S/C27H26FN3O3/c1-3-18-6-13-25-20(14-18)15-21(26(32)30-25)17-31(16-19-4-11-24(34-2)12-5-19)27(33)29-23-9-7-22(28)8-10-23/h4-15H,3,16-17H2,1-2H3,(H,29,33)(H,30,32). The van der Waals surface area contributed by atoms with Crippen molar-refractivity contribution >= 4 is 22.6 Å². The number of aromatic amines is 1. The summed E-state index contributed by atoms with van der Waals surface area (Å²) in [5, 5.41) is 3.70. The van der Waals surface area contributed by atoms with Gasteiger partial charge in [0, 0.05) is 23.3 Å². The van der Waals surface area contributed by atoms with Crippen LogP contribution in [0.3, 0.4) is 0 Å². The van der Waals surface area contributed by atoms with Crippen molar-refractivity contribution in [3.63, 3.8) is 0 Å². The van der Waals surface area contributed by atoms with Crippen molar-refractivity contribution in [2.45, 2.75) is 26.4 Å². The minimum atomic E-state index is -0.399. The van der Waals surface area contributed by atoms with E-state index in [4.69, 9.17) is 4.74 Å². The predicted molar refractivity (Wildman–Crippen MR) is 132 cm³/mol. The molecule has 2 N–H and O–H groups in total. The number of halogens is 1. The van der Waals surface area contributed by atoms with Crippen molar-refractivity contribution < 1.29 is 13.9 Å². The van der Waals surface area contributed by atoms with Gasteiger partial charge in [-0.15, -0.1) is 0 Å². The smallest absolute Gasteiger partial charge is 0.322 e. The van der Waals surface area contributed by atoms with Gasteiger partial charge in [-0.2, -0.15) is 0 Å². The molecule has 0 saturated heterocycles. The summed E-state index contributed by atoms with van der Waals surface area (Å²) in [6, 6.07) is 20.3. The van der Waals surface area contributed by atoms with E-state index >= 15 is 0 Å². The minimum absolute atomic E-state index is 0.0979. The summed E-state index contributed by atoms with van der Waals surface area (Å²) >= 11 is 0. The van der Waals surface area contributed by atoms with Gasteiger partial charge < -0.3 is 19.9 Å². The van der Waals surface area contributed by atoms with E-state index in [1.165, 1.54) is 24.3 Å². The van der Waals surface area contributed by atoms with Gasteiger partial charge >= 0.3 is 6.03 Å². The number of aromatic nitrogens is 1. The number of hydrogen-bond donors (Lipinski definition) is 2. The zero-order valence-corrected chi connectivity index (χ0v) is 19.1. The summed E-state index contributed by atoms with van der Waals surface area (Å²) in [5.74, 6) is 0.325. The Morgan fingerprint density at radius 3 is 2.35 bits per heavy atom. The Hall–Kier alpha value is -4.13. The zero-order chi connectivity index (χ0) is 24.1. The SMILES string of the molecule is CCc1ccc2[nH]c(=O)c(CN(Cc3ccc(OC)cc3)C(=O)Nc3ccc(F)cc3)cc2c1. The number of fused-ring (bicyclic) bond motifs is 1. The normalized spacial score (nSPS) is 10.8. The van der Waals surface area contributed by atoms with Crippen molar-refractivity contribution in [1.82, 2.24) is 9.88 Å². The van der Waals surface area contributed by atoms with Crippen LogP contribution in [-0.2, 0) is 19.5 Å². The molecule has 4 aromatic rings. The molecule has 4 rings (SSSR count). The number of nitrogens with zero attached hydrogens (tertiary/aromatic N) is 1. The van der Waals surface area contributed by atoms with Crippen molar-refractivity contribution in [1.29, 1.82) is 0 Å². The second-order valence-corrected chi connectivity index (χ2v) is 8.04. The highest BCUT2D eigenvalue weighted by Crippen LogP contribution is 2.18. The number of carbonyl (C=O) groups is 1. The summed E-state index contributed by atoms with van der Waals surface area (Å²) in [4.78, 5) is 30.5. The number of carbonyl (C=O) groups excluding carboxylic acids is 1. The third-order valence-electron chi connectivity index (χ3n) is 5.67. The van der Waals surface area contributed by atoms with E-state index in [2.05, 4.69) is 17.2 Å². The van der Waals surface area contributed by atoms with Gasteiger partial charge in [-0.1, -0.05) is 25.1 Å². The number of aryl methyl sites for hydroxylation is 1. The van der Waals surface area contributed by atoms with Gasteiger partial charge in [0.15, 0.2) is 0 Å². The molecule has 6 nitrogen and oxygen atoms in total. The van der Waals surface area contributed by atoms with Crippen LogP contribution in [0.4, 0.5) is 14.9 Å². The number of amides is 2. The van der Waals surface area contributed by atoms with Crippen LogP contribution in [0.15, 0.2) is 77.6 Å². The second kappa shape index (κ2) is 10.2.